The molecule has 0 heterocycles. The van der Waals surface area contributed by atoms with Gasteiger partial charge in [0, 0.05) is 0 Å². The van der Waals surface area contributed by atoms with Crippen molar-refractivity contribution in [3.05, 3.63) is 35.4 Å². The molecule has 1 rings (SSSR count). The Kier molecular flexibility index (Phi) is 16.2. The van der Waals surface area contributed by atoms with Crippen LogP contribution in [0.3, 0.4) is 0 Å². The van der Waals surface area contributed by atoms with Gasteiger partial charge in [0.25, 0.3) is 0 Å². The topological polar surface area (TPSA) is 52.6 Å². The van der Waals surface area contributed by atoms with Gasteiger partial charge in [0.2, 0.25) is 0 Å². The fourth-order valence-corrected chi connectivity index (χ4v) is 2.99. The van der Waals surface area contributed by atoms with E-state index in [-0.39, 0.29) is 37.3 Å². The molecule has 29 heavy (non-hydrogen) atoms. The van der Waals surface area contributed by atoms with Crippen LogP contribution in [0, 0.1) is 38.0 Å². The SMILES string of the molecule is CC(C)CCCCCOC(=O)c1ccccc1C(=O)OCCCCCC(C)C.[AtH]. The zero-order valence-corrected chi connectivity index (χ0v) is 21.8. The molecule has 0 N–H and O–H groups in total. The third kappa shape index (κ3) is 13.1. The monoisotopic (exact) mass is 601 g/mol. The van der Waals surface area contributed by atoms with Crippen LogP contribution in [0.5, 0.6) is 0 Å². The van der Waals surface area contributed by atoms with E-state index in [2.05, 4.69) is 27.7 Å². The van der Waals surface area contributed by atoms with E-state index in [1.54, 1.807) is 24.3 Å². The van der Waals surface area contributed by atoms with Crippen LogP contribution in [0.15, 0.2) is 24.3 Å². The first kappa shape index (κ1) is 28.0. The number of carbonyl (C=O) groups excluding carboxylic acids is 2. The van der Waals surface area contributed by atoms with Crippen LogP contribution < -0.4 is 0 Å². The Morgan fingerprint density at radius 3 is 1.41 bits per heavy atom. The van der Waals surface area contributed by atoms with E-state index in [1.807, 2.05) is 0 Å². The molecule has 5 heteroatoms. The van der Waals surface area contributed by atoms with Gasteiger partial charge in [0.05, 0.1) is 24.3 Å². The molecule has 0 spiro atoms. The summed E-state index contributed by atoms with van der Waals surface area (Å²) in [4.78, 5) is 24.7. The molecule has 166 valence electrons. The summed E-state index contributed by atoms with van der Waals surface area (Å²) in [6, 6.07) is 6.73. The number of hydrogen-bond donors (Lipinski definition) is 0. The molecule has 4 nitrogen and oxygen atoms in total. The third-order valence-corrected chi connectivity index (χ3v) is 4.68. The van der Waals surface area contributed by atoms with Crippen LogP contribution in [-0.4, -0.2) is 25.2 Å². The van der Waals surface area contributed by atoms with E-state index in [0.717, 1.165) is 38.5 Å². The van der Waals surface area contributed by atoms with Crippen molar-refractivity contribution in [2.75, 3.05) is 13.2 Å². The van der Waals surface area contributed by atoms with Crippen molar-refractivity contribution >= 4 is 11.9 Å². The summed E-state index contributed by atoms with van der Waals surface area (Å²) in [7, 11) is 0. The number of rotatable bonds is 14. The van der Waals surface area contributed by atoms with E-state index in [4.69, 9.17) is 9.47 Å². The number of carbonyl (C=O) groups is 2. The van der Waals surface area contributed by atoms with Gasteiger partial charge >= 0.3 is 38.1 Å². The van der Waals surface area contributed by atoms with Crippen molar-refractivity contribution in [1.29, 1.82) is 0 Å². The summed E-state index contributed by atoms with van der Waals surface area (Å²) < 4.78 is 10.7. The van der Waals surface area contributed by atoms with Gasteiger partial charge in [-0.1, -0.05) is 78.4 Å². The van der Waals surface area contributed by atoms with Gasteiger partial charge in [-0.05, 0) is 36.8 Å². The zero-order valence-electron chi connectivity index (χ0n) is 18.6. The summed E-state index contributed by atoms with van der Waals surface area (Å²) in [6.45, 7) is 9.61. The van der Waals surface area contributed by atoms with Gasteiger partial charge in [0.1, 0.15) is 0 Å². The molecule has 0 amide bonds. The average Bonchev–Trinajstić information content (AvgIpc) is 2.66. The number of benzene rings is 1. The molecule has 0 bridgehead atoms. The van der Waals surface area contributed by atoms with Gasteiger partial charge < -0.3 is 9.47 Å². The normalized spacial score (nSPS) is 10.7. The number of hydrogen-bond acceptors (Lipinski definition) is 4. The van der Waals surface area contributed by atoms with Crippen LogP contribution in [0.2, 0.25) is 0 Å². The summed E-state index contributed by atoms with van der Waals surface area (Å²) in [5.41, 5.74) is 0.573. The van der Waals surface area contributed by atoms with E-state index in [0.29, 0.717) is 25.0 Å². The predicted octanol–water partition coefficient (Wildman–Crippen LogP) is 6.17. The van der Waals surface area contributed by atoms with E-state index >= 15 is 0 Å². The van der Waals surface area contributed by atoms with Gasteiger partial charge in [-0.15, -0.1) is 0 Å². The van der Waals surface area contributed by atoms with E-state index in [1.165, 1.54) is 12.8 Å². The van der Waals surface area contributed by atoms with Gasteiger partial charge in [-0.3, -0.25) is 0 Å². The minimum atomic E-state index is -0.451. The Morgan fingerprint density at radius 1 is 0.690 bits per heavy atom. The summed E-state index contributed by atoms with van der Waals surface area (Å²) in [5, 5.41) is 0. The van der Waals surface area contributed by atoms with Crippen LogP contribution in [0.1, 0.15) is 99.8 Å². The maximum atomic E-state index is 12.4. The Labute approximate surface area is 196 Å². The van der Waals surface area contributed by atoms with E-state index < -0.39 is 11.9 Å². The number of unbranched alkanes of at least 4 members (excludes halogenated alkanes) is 4. The maximum absolute atomic E-state index is 12.4. The van der Waals surface area contributed by atoms with Crippen molar-refractivity contribution in [2.24, 2.45) is 11.8 Å². The number of ether oxygens (including phenoxy) is 2. The molecule has 1 aromatic carbocycles. The quantitative estimate of drug-likeness (QED) is 0.189. The fraction of sp³-hybridized carbons (Fsp3) is 0.667. The standard InChI is InChI=1S/C24H38O4.AtH/c1-19(2)13-7-5-11-17-27-23(25)21-15-9-10-16-22(21)24(26)28-18-12-6-8-14-20(3)4;/h9-10,15-16,19-20H,5-8,11-14,17-18H2,1-4H3;1H. The average molecular weight is 602 g/mol. The van der Waals surface area contributed by atoms with Gasteiger partial charge in [-0.25, -0.2) is 9.59 Å². The molecule has 0 unspecified atom stereocenters. The molecule has 0 radical (unpaired) electrons. The van der Waals surface area contributed by atoms with Crippen LogP contribution >= 0.6 is 0 Å². The van der Waals surface area contributed by atoms with Crippen LogP contribution in [-0.2, 0) is 9.47 Å². The summed E-state index contributed by atoms with van der Waals surface area (Å²) in [6.07, 6.45) is 8.48. The minimum absolute atomic E-state index is 0. The van der Waals surface area contributed by atoms with Gasteiger partial charge in [-0.2, -0.15) is 0 Å². The third-order valence-electron chi connectivity index (χ3n) is 4.68. The van der Waals surface area contributed by atoms with E-state index in [9.17, 15) is 9.59 Å². The molecular formula is C24H39AtO4. The summed E-state index contributed by atoms with van der Waals surface area (Å²) >= 11 is 0. The molecular weight excluding hydrogens is 562 g/mol. The molecule has 1 aromatic rings. The first-order valence-corrected chi connectivity index (χ1v) is 10.8. The Bertz CT molecular complexity index is 533. The van der Waals surface area contributed by atoms with Crippen LogP contribution in [0.4, 0.5) is 0 Å². The van der Waals surface area contributed by atoms with Crippen molar-refractivity contribution in [2.45, 2.75) is 79.1 Å². The first-order valence-electron chi connectivity index (χ1n) is 10.8. The van der Waals surface area contributed by atoms with Crippen molar-refractivity contribution in [3.8, 4) is 0 Å². The Morgan fingerprint density at radius 2 is 1.07 bits per heavy atom. The van der Waals surface area contributed by atoms with Gasteiger partial charge in [0.15, 0.2) is 0 Å². The second-order valence-electron chi connectivity index (χ2n) is 8.30. The molecule has 0 saturated heterocycles. The van der Waals surface area contributed by atoms with Crippen LogP contribution in [0.25, 0.3) is 0 Å². The Balaban J connectivity index is 0.00000784. The number of esters is 2. The van der Waals surface area contributed by atoms with Crippen molar-refractivity contribution in [1.82, 2.24) is 0 Å². The fourth-order valence-electron chi connectivity index (χ4n) is 2.99. The Hall–Kier alpha value is -0.957. The zero-order chi connectivity index (χ0) is 20.8. The molecule has 0 aliphatic heterocycles. The molecule has 0 aromatic heterocycles. The van der Waals surface area contributed by atoms with Crippen molar-refractivity contribution < 1.29 is 45.3 Å². The summed E-state index contributed by atoms with van der Waals surface area (Å²) in [5.74, 6) is 0.507. The molecule has 0 aliphatic rings. The second kappa shape index (κ2) is 16.8. The second-order valence-corrected chi connectivity index (χ2v) is 8.30. The van der Waals surface area contributed by atoms with Crippen molar-refractivity contribution in [3.63, 3.8) is 0 Å². The molecule has 0 aliphatic carbocycles. The molecule has 0 saturated carbocycles. The first-order chi connectivity index (χ1) is 13.4. The predicted molar refractivity (Wildman–Crippen MR) is 115 cm³/mol. The molecule has 0 atom stereocenters. The molecule has 0 fully saturated rings.